The van der Waals surface area contributed by atoms with Gasteiger partial charge in [-0.3, -0.25) is 9.69 Å². The molecule has 3 heterocycles. The zero-order valence-electron chi connectivity index (χ0n) is 16.6. The molecule has 6 nitrogen and oxygen atoms in total. The summed E-state index contributed by atoms with van der Waals surface area (Å²) in [5.41, 5.74) is 3.79. The van der Waals surface area contributed by atoms with Crippen molar-refractivity contribution in [3.8, 4) is 11.5 Å². The van der Waals surface area contributed by atoms with Gasteiger partial charge in [0.15, 0.2) is 11.5 Å². The van der Waals surface area contributed by atoms with Crippen LogP contribution in [0.15, 0.2) is 48.5 Å². The summed E-state index contributed by atoms with van der Waals surface area (Å²) in [7, 11) is 1.51. The van der Waals surface area contributed by atoms with Crippen LogP contribution >= 0.6 is 11.3 Å². The predicted octanol–water partition coefficient (Wildman–Crippen LogP) is 3.87. The van der Waals surface area contributed by atoms with Crippen LogP contribution in [-0.2, 0) is 19.5 Å². The van der Waals surface area contributed by atoms with Gasteiger partial charge in [0.05, 0.1) is 12.7 Å². The Balaban J connectivity index is 1.40. The van der Waals surface area contributed by atoms with Gasteiger partial charge in [-0.05, 0) is 23.6 Å². The highest BCUT2D eigenvalue weighted by atomic mass is 32.1. The van der Waals surface area contributed by atoms with Crippen molar-refractivity contribution in [3.63, 3.8) is 0 Å². The Morgan fingerprint density at radius 3 is 2.80 bits per heavy atom. The summed E-state index contributed by atoms with van der Waals surface area (Å²) >= 11 is 1.64. The lowest BCUT2D eigenvalue weighted by Crippen LogP contribution is -2.38. The van der Waals surface area contributed by atoms with Gasteiger partial charge in [-0.1, -0.05) is 42.5 Å². The van der Waals surface area contributed by atoms with E-state index in [1.54, 1.807) is 29.5 Å². The summed E-state index contributed by atoms with van der Waals surface area (Å²) in [5, 5.41) is 17.8. The Morgan fingerprint density at radius 1 is 1.17 bits per heavy atom. The van der Waals surface area contributed by atoms with E-state index < -0.39 is 6.17 Å². The van der Waals surface area contributed by atoms with E-state index >= 15 is 0 Å². The summed E-state index contributed by atoms with van der Waals surface area (Å²) < 4.78 is 5.21. The molecule has 154 valence electrons. The first kappa shape index (κ1) is 19.0. The third-order valence-corrected chi connectivity index (χ3v) is 6.87. The number of benzene rings is 2. The minimum atomic E-state index is -0.499. The number of ether oxygens (including phenoxy) is 1. The topological polar surface area (TPSA) is 73.8 Å². The molecule has 0 aliphatic carbocycles. The fraction of sp³-hybridized carbons (Fsp3) is 0.261. The van der Waals surface area contributed by atoms with Gasteiger partial charge in [-0.2, -0.15) is 0 Å². The molecule has 0 radical (unpaired) electrons. The van der Waals surface area contributed by atoms with Gasteiger partial charge in [0.1, 0.15) is 11.2 Å². The van der Waals surface area contributed by atoms with Crippen molar-refractivity contribution in [1.29, 1.82) is 0 Å². The monoisotopic (exact) mass is 421 g/mol. The number of para-hydroxylation sites is 1. The molecule has 3 N–H and O–H groups in total. The molecule has 0 bridgehead atoms. The Hall–Kier alpha value is -3.03. The molecule has 1 atom stereocenters. The van der Waals surface area contributed by atoms with Crippen molar-refractivity contribution >= 4 is 22.2 Å². The first-order valence-corrected chi connectivity index (χ1v) is 10.8. The number of nitrogens with one attached hydrogen (secondary N) is 2. The van der Waals surface area contributed by atoms with Crippen LogP contribution in [0.3, 0.4) is 0 Å². The van der Waals surface area contributed by atoms with E-state index in [4.69, 9.17) is 4.74 Å². The number of fused-ring (bicyclic) bond motifs is 3. The second kappa shape index (κ2) is 7.66. The van der Waals surface area contributed by atoms with E-state index in [1.165, 1.54) is 17.6 Å². The first-order chi connectivity index (χ1) is 14.6. The number of amides is 1. The molecule has 0 unspecified atom stereocenters. The van der Waals surface area contributed by atoms with Crippen molar-refractivity contribution in [1.82, 2.24) is 10.2 Å². The Labute approximate surface area is 179 Å². The number of thiophene rings is 1. The lowest BCUT2D eigenvalue weighted by molar-refractivity contribution is 0.0934. The van der Waals surface area contributed by atoms with Crippen LogP contribution in [0.1, 0.15) is 38.1 Å². The number of aromatic hydroxyl groups is 1. The van der Waals surface area contributed by atoms with Gasteiger partial charge in [0, 0.05) is 30.1 Å². The number of rotatable bonds is 4. The van der Waals surface area contributed by atoms with Crippen LogP contribution < -0.4 is 15.4 Å². The molecule has 30 heavy (non-hydrogen) atoms. The van der Waals surface area contributed by atoms with E-state index in [9.17, 15) is 9.90 Å². The first-order valence-electron chi connectivity index (χ1n) is 9.98. The number of carbonyl (C=O) groups is 1. The zero-order chi connectivity index (χ0) is 20.7. The summed E-state index contributed by atoms with van der Waals surface area (Å²) in [5.74, 6) is 0.331. The number of methoxy groups -OCH3 is 1. The number of hydrogen-bond acceptors (Lipinski definition) is 6. The molecular weight excluding hydrogens is 398 g/mol. The Bertz CT molecular complexity index is 1100. The molecule has 7 heteroatoms. The van der Waals surface area contributed by atoms with Gasteiger partial charge in [-0.15, -0.1) is 11.3 Å². The quantitative estimate of drug-likeness (QED) is 0.596. The molecule has 0 fully saturated rings. The summed E-state index contributed by atoms with van der Waals surface area (Å²) in [6, 6.07) is 15.7. The molecular formula is C23H23N3O3S. The average molecular weight is 422 g/mol. The number of anilines is 1. The average Bonchev–Trinajstić information content (AvgIpc) is 3.12. The minimum Gasteiger partial charge on any atom is -0.504 e. The zero-order valence-corrected chi connectivity index (χ0v) is 17.5. The molecule has 1 aromatic heterocycles. The Kier molecular flexibility index (Phi) is 4.84. The van der Waals surface area contributed by atoms with Crippen molar-refractivity contribution in [2.24, 2.45) is 0 Å². The van der Waals surface area contributed by atoms with Crippen molar-refractivity contribution < 1.29 is 14.6 Å². The van der Waals surface area contributed by atoms with Crippen molar-refractivity contribution in [2.45, 2.75) is 25.7 Å². The fourth-order valence-corrected chi connectivity index (χ4v) is 5.55. The maximum Gasteiger partial charge on any atom is 0.256 e. The lowest BCUT2D eigenvalue weighted by atomic mass is 9.99. The SMILES string of the molecule is COc1cccc([C@@H]2NC(=O)c3c(sc4c3CCN(Cc3ccccc3)C4)N2)c1O. The van der Waals surface area contributed by atoms with Crippen LogP contribution in [0.25, 0.3) is 0 Å². The molecule has 5 rings (SSSR count). The van der Waals surface area contributed by atoms with E-state index in [0.717, 1.165) is 42.2 Å². The summed E-state index contributed by atoms with van der Waals surface area (Å²) in [6.07, 6.45) is 0.360. The molecule has 2 aliphatic heterocycles. The van der Waals surface area contributed by atoms with E-state index in [1.807, 2.05) is 6.07 Å². The molecule has 2 aliphatic rings. The maximum absolute atomic E-state index is 13.0. The standard InChI is InChI=1S/C23H23N3O3S/c1-29-17-9-5-8-16(20(17)27)21-24-22(28)19-15-10-11-26(12-14-6-3-2-4-7-14)13-18(15)30-23(19)25-21/h2-9,21,25,27H,10-13H2,1H3,(H,24,28)/t21-/m1/s1. The largest absolute Gasteiger partial charge is 0.504 e. The highest BCUT2D eigenvalue weighted by molar-refractivity contribution is 7.16. The number of carbonyl (C=O) groups excluding carboxylic acids is 1. The molecule has 3 aromatic rings. The predicted molar refractivity (Wildman–Crippen MR) is 117 cm³/mol. The fourth-order valence-electron chi connectivity index (χ4n) is 4.24. The maximum atomic E-state index is 13.0. The van der Waals surface area contributed by atoms with E-state index in [2.05, 4.69) is 39.8 Å². The normalized spacial score (nSPS) is 18.2. The van der Waals surface area contributed by atoms with Crippen LogP contribution in [0.4, 0.5) is 5.00 Å². The van der Waals surface area contributed by atoms with E-state index in [-0.39, 0.29) is 11.7 Å². The third-order valence-electron chi connectivity index (χ3n) is 5.72. The third kappa shape index (κ3) is 3.30. The highest BCUT2D eigenvalue weighted by Crippen LogP contribution is 2.43. The van der Waals surface area contributed by atoms with Gasteiger partial charge in [0.2, 0.25) is 0 Å². The van der Waals surface area contributed by atoms with Gasteiger partial charge in [-0.25, -0.2) is 0 Å². The lowest BCUT2D eigenvalue weighted by Gasteiger charge is -2.29. The molecule has 0 saturated carbocycles. The van der Waals surface area contributed by atoms with Gasteiger partial charge in [0.25, 0.3) is 5.91 Å². The number of nitrogens with zero attached hydrogens (tertiary/aromatic N) is 1. The minimum absolute atomic E-state index is 0.0385. The molecule has 2 aromatic carbocycles. The number of phenols is 1. The van der Waals surface area contributed by atoms with Gasteiger partial charge >= 0.3 is 0 Å². The highest BCUT2D eigenvalue weighted by Gasteiger charge is 2.34. The van der Waals surface area contributed by atoms with Crippen molar-refractivity contribution in [2.75, 3.05) is 19.0 Å². The smallest absolute Gasteiger partial charge is 0.256 e. The summed E-state index contributed by atoms with van der Waals surface area (Å²) in [6.45, 7) is 2.67. The van der Waals surface area contributed by atoms with Gasteiger partial charge < -0.3 is 20.5 Å². The second-order valence-corrected chi connectivity index (χ2v) is 8.71. The van der Waals surface area contributed by atoms with Crippen LogP contribution in [0, 0.1) is 0 Å². The molecule has 0 spiro atoms. The molecule has 1 amide bonds. The molecule has 0 saturated heterocycles. The van der Waals surface area contributed by atoms with Crippen LogP contribution in [0.2, 0.25) is 0 Å². The summed E-state index contributed by atoms with van der Waals surface area (Å²) in [4.78, 5) is 16.6. The van der Waals surface area contributed by atoms with Crippen LogP contribution in [0.5, 0.6) is 11.5 Å². The second-order valence-electron chi connectivity index (χ2n) is 7.60. The number of phenolic OH excluding ortho intramolecular Hbond substituents is 1. The Morgan fingerprint density at radius 2 is 2.00 bits per heavy atom. The van der Waals surface area contributed by atoms with Crippen molar-refractivity contribution in [3.05, 3.63) is 75.7 Å². The van der Waals surface area contributed by atoms with E-state index in [0.29, 0.717) is 11.3 Å². The number of hydrogen-bond donors (Lipinski definition) is 3. The van der Waals surface area contributed by atoms with Crippen LogP contribution in [-0.4, -0.2) is 29.6 Å².